The van der Waals surface area contributed by atoms with Crippen molar-refractivity contribution in [2.24, 2.45) is 0 Å². The molecule has 0 aromatic heterocycles. The van der Waals surface area contributed by atoms with E-state index in [1.54, 1.807) is 0 Å². The zero-order valence-electron chi connectivity index (χ0n) is 1.76. The zero-order valence-corrected chi connectivity index (χ0v) is 5.73. The van der Waals surface area contributed by atoms with Gasteiger partial charge in [0, 0.05) is 0 Å². The van der Waals surface area contributed by atoms with E-state index >= 15 is 0 Å². The molecule has 0 amide bonds. The number of halogens is 2. The SMILES string of the molecule is O.[Cl][Zr][Cl]. The third-order valence-electron chi connectivity index (χ3n) is 0. The van der Waals surface area contributed by atoms with Gasteiger partial charge in [0.1, 0.15) is 0 Å². The summed E-state index contributed by atoms with van der Waals surface area (Å²) in [7, 11) is 9.87. The Bertz CT molecular complexity index is 6.00. The van der Waals surface area contributed by atoms with E-state index in [9.17, 15) is 0 Å². The van der Waals surface area contributed by atoms with E-state index in [1.807, 2.05) is 0 Å². The average molecular weight is 180 g/mol. The number of hydrogen-bond donors (Lipinski definition) is 0. The van der Waals surface area contributed by atoms with Crippen LogP contribution in [0.5, 0.6) is 0 Å². The van der Waals surface area contributed by atoms with Crippen LogP contribution in [0.4, 0.5) is 0 Å². The van der Waals surface area contributed by atoms with Gasteiger partial charge in [0.25, 0.3) is 0 Å². The van der Waals surface area contributed by atoms with Gasteiger partial charge in [-0.05, 0) is 0 Å². The number of hydrogen-bond acceptors (Lipinski definition) is 0. The molecule has 0 heterocycles. The Labute approximate surface area is 43.3 Å². The van der Waals surface area contributed by atoms with Crippen LogP contribution in [0.3, 0.4) is 0 Å². The summed E-state index contributed by atoms with van der Waals surface area (Å²) in [5.41, 5.74) is 0. The van der Waals surface area contributed by atoms with Crippen LogP contribution in [0.2, 0.25) is 0 Å². The van der Waals surface area contributed by atoms with Gasteiger partial charge < -0.3 is 5.48 Å². The molecule has 26 valence electrons. The molecule has 0 saturated carbocycles. The van der Waals surface area contributed by atoms with Gasteiger partial charge in [-0.25, -0.2) is 0 Å². The molecule has 0 atom stereocenters. The van der Waals surface area contributed by atoms with E-state index in [0.717, 1.165) is 0 Å². The molecule has 0 spiro atoms. The van der Waals surface area contributed by atoms with Gasteiger partial charge in [-0.3, -0.25) is 0 Å². The van der Waals surface area contributed by atoms with Gasteiger partial charge in [-0.2, -0.15) is 0 Å². The van der Waals surface area contributed by atoms with E-state index in [1.165, 1.54) is 0 Å². The standard InChI is InChI=1S/2ClH.H2O.Zr/h2*1H;1H2;/q;;;+2/p-2. The Morgan fingerprint density at radius 3 is 1.25 bits per heavy atom. The van der Waals surface area contributed by atoms with Crippen molar-refractivity contribution in [3.8, 4) is 0 Å². The van der Waals surface area contributed by atoms with E-state index in [-0.39, 0.29) is 5.48 Å². The Morgan fingerprint density at radius 2 is 1.25 bits per heavy atom. The summed E-state index contributed by atoms with van der Waals surface area (Å²) in [5, 5.41) is 0. The van der Waals surface area contributed by atoms with Crippen molar-refractivity contribution in [2.75, 3.05) is 0 Å². The summed E-state index contributed by atoms with van der Waals surface area (Å²) in [6.07, 6.45) is 0. The van der Waals surface area contributed by atoms with Crippen LogP contribution in [0.15, 0.2) is 0 Å². The molecule has 0 aliphatic heterocycles. The molecule has 4 heavy (non-hydrogen) atoms. The second kappa shape index (κ2) is 8.83. The van der Waals surface area contributed by atoms with Crippen molar-refractivity contribution in [3.63, 3.8) is 0 Å². The van der Waals surface area contributed by atoms with Gasteiger partial charge in [0.05, 0.1) is 0 Å². The monoisotopic (exact) mass is 178 g/mol. The molecule has 0 aliphatic carbocycles. The van der Waals surface area contributed by atoms with Crippen molar-refractivity contribution in [2.45, 2.75) is 0 Å². The van der Waals surface area contributed by atoms with Gasteiger partial charge in [0.15, 0.2) is 0 Å². The Kier molecular flexibility index (Phi) is 20.0. The molecule has 0 aromatic carbocycles. The van der Waals surface area contributed by atoms with Crippen molar-refractivity contribution in [3.05, 3.63) is 0 Å². The van der Waals surface area contributed by atoms with Crippen LogP contribution in [-0.2, 0) is 20.8 Å². The predicted molar refractivity (Wildman–Crippen MR) is 15.3 cm³/mol. The molecule has 0 rings (SSSR count). The molecular formula is H2Cl2OZr. The van der Waals surface area contributed by atoms with Crippen molar-refractivity contribution >= 4 is 17.0 Å². The predicted octanol–water partition coefficient (Wildman–Crippen LogP) is 0.552. The van der Waals surface area contributed by atoms with Crippen LogP contribution >= 0.6 is 17.0 Å². The molecule has 0 unspecified atom stereocenters. The first-order valence-corrected chi connectivity index (χ1v) is 6.71. The normalized spacial score (nSPS) is 3.50. The number of rotatable bonds is 0. The summed E-state index contributed by atoms with van der Waals surface area (Å²) in [4.78, 5) is 0. The van der Waals surface area contributed by atoms with Crippen molar-refractivity contribution in [1.29, 1.82) is 0 Å². The summed E-state index contributed by atoms with van der Waals surface area (Å²) in [6, 6.07) is 0. The Morgan fingerprint density at radius 1 is 1.25 bits per heavy atom. The molecule has 2 N–H and O–H groups in total. The first-order chi connectivity index (χ1) is 1.41. The van der Waals surface area contributed by atoms with Gasteiger partial charge in [0.2, 0.25) is 0 Å². The summed E-state index contributed by atoms with van der Waals surface area (Å²) < 4.78 is 0. The van der Waals surface area contributed by atoms with E-state index in [4.69, 9.17) is 17.0 Å². The molecule has 0 aromatic rings. The fraction of sp³-hybridized carbons (Fsp3) is 0. The molecule has 0 aliphatic rings. The first kappa shape index (κ1) is 9.05. The van der Waals surface area contributed by atoms with Crippen LogP contribution < -0.4 is 0 Å². The third-order valence-corrected chi connectivity index (χ3v) is 0. The quantitative estimate of drug-likeness (QED) is 0.521. The summed E-state index contributed by atoms with van der Waals surface area (Å²) in [5.74, 6) is 0. The molecule has 0 fully saturated rings. The van der Waals surface area contributed by atoms with Gasteiger partial charge >= 0.3 is 37.9 Å². The van der Waals surface area contributed by atoms with E-state index in [2.05, 4.69) is 0 Å². The third kappa shape index (κ3) is 9.92. The fourth-order valence-corrected chi connectivity index (χ4v) is 0. The maximum atomic E-state index is 4.93. The molecule has 1 nitrogen and oxygen atoms in total. The minimum absolute atomic E-state index is 0. The van der Waals surface area contributed by atoms with Gasteiger partial charge in [-0.1, -0.05) is 0 Å². The van der Waals surface area contributed by atoms with Crippen LogP contribution in [0, 0.1) is 0 Å². The van der Waals surface area contributed by atoms with E-state index in [0.29, 0.717) is 0 Å². The molecular weight excluding hydrogens is 178 g/mol. The van der Waals surface area contributed by atoms with Crippen molar-refractivity contribution in [1.82, 2.24) is 0 Å². The molecule has 0 radical (unpaired) electrons. The Balaban J connectivity index is 0. The van der Waals surface area contributed by atoms with E-state index < -0.39 is 20.8 Å². The molecule has 4 heteroatoms. The second-order valence-corrected chi connectivity index (χ2v) is 3.80. The van der Waals surface area contributed by atoms with Crippen LogP contribution in [0.25, 0.3) is 0 Å². The van der Waals surface area contributed by atoms with Crippen LogP contribution in [-0.4, -0.2) is 5.48 Å². The zero-order chi connectivity index (χ0) is 2.71. The summed E-state index contributed by atoms with van der Waals surface area (Å²) >= 11 is -0.826. The minimum atomic E-state index is -0.826. The Hall–Kier alpha value is 1.42. The molecule has 0 saturated heterocycles. The second-order valence-electron chi connectivity index (χ2n) is 0.0714. The molecule has 0 bridgehead atoms. The fourth-order valence-electron chi connectivity index (χ4n) is 0. The average Bonchev–Trinajstić information content (AvgIpc) is 0.918. The summed E-state index contributed by atoms with van der Waals surface area (Å²) in [6.45, 7) is 0. The first-order valence-electron chi connectivity index (χ1n) is 0.378. The van der Waals surface area contributed by atoms with Crippen LogP contribution in [0.1, 0.15) is 0 Å². The van der Waals surface area contributed by atoms with Crippen molar-refractivity contribution < 1.29 is 26.3 Å². The van der Waals surface area contributed by atoms with Gasteiger partial charge in [-0.15, -0.1) is 0 Å². The maximum absolute atomic E-state index is 4.93. The topological polar surface area (TPSA) is 31.5 Å².